The molecule has 4 fully saturated rings. The lowest BCUT2D eigenvalue weighted by Crippen LogP contribution is -2.70. The summed E-state index contributed by atoms with van der Waals surface area (Å²) in [6, 6.07) is 0. The van der Waals surface area contributed by atoms with Crippen LogP contribution in [-0.4, -0.2) is 41.1 Å². The molecule has 0 heterocycles. The van der Waals surface area contributed by atoms with E-state index in [9.17, 15) is 19.5 Å². The topological polar surface area (TPSA) is 89.9 Å². The number of aliphatic hydroxyl groups is 1. The lowest BCUT2D eigenvalue weighted by atomic mass is 9.35. The van der Waals surface area contributed by atoms with Crippen LogP contribution in [0.2, 0.25) is 0 Å². The molecule has 0 unspecified atom stereocenters. The van der Waals surface area contributed by atoms with Gasteiger partial charge in [-0.2, -0.15) is 0 Å². The van der Waals surface area contributed by atoms with Gasteiger partial charge in [0, 0.05) is 34.3 Å². The summed E-state index contributed by atoms with van der Waals surface area (Å²) in [6.45, 7) is 14.7. The zero-order valence-electron chi connectivity index (χ0n) is 19.9. The molecule has 0 spiro atoms. The summed E-state index contributed by atoms with van der Waals surface area (Å²) in [5.74, 6) is -1.14. The van der Waals surface area contributed by atoms with Gasteiger partial charge in [0.05, 0.1) is 0 Å². The fourth-order valence-electron chi connectivity index (χ4n) is 6.57. The van der Waals surface area contributed by atoms with E-state index in [4.69, 9.17) is 9.47 Å². The van der Waals surface area contributed by atoms with Crippen LogP contribution < -0.4 is 0 Å². The Morgan fingerprint density at radius 2 is 1.52 bits per heavy atom. The molecule has 0 saturated heterocycles. The van der Waals surface area contributed by atoms with Crippen molar-refractivity contribution in [3.63, 3.8) is 0 Å². The molecule has 4 bridgehead atoms. The minimum absolute atomic E-state index is 0.0568. The molecule has 0 radical (unpaired) electrons. The molecule has 4 aliphatic carbocycles. The number of hydrogen-bond donors (Lipinski definition) is 1. The molecule has 0 aromatic carbocycles. The first-order valence-corrected chi connectivity index (χ1v) is 11.2. The van der Waals surface area contributed by atoms with E-state index in [1.807, 2.05) is 27.7 Å². The van der Waals surface area contributed by atoms with E-state index < -0.39 is 41.1 Å². The molecule has 8 atom stereocenters. The molecule has 6 heteroatoms. The van der Waals surface area contributed by atoms with Crippen LogP contribution in [-0.2, 0) is 23.9 Å². The van der Waals surface area contributed by atoms with Crippen molar-refractivity contribution in [3.05, 3.63) is 23.3 Å². The molecule has 6 nitrogen and oxygen atoms in total. The van der Waals surface area contributed by atoms with Gasteiger partial charge in [0.15, 0.2) is 6.10 Å². The molecule has 0 amide bonds. The summed E-state index contributed by atoms with van der Waals surface area (Å²) in [5, 5.41) is 11.6. The normalized spacial score (nSPS) is 41.7. The van der Waals surface area contributed by atoms with Crippen LogP contribution >= 0.6 is 0 Å². The van der Waals surface area contributed by atoms with Crippen LogP contribution in [0.4, 0.5) is 0 Å². The number of carbonyl (C=O) groups excluding carboxylic acids is 3. The molecule has 0 aromatic heterocycles. The van der Waals surface area contributed by atoms with Crippen LogP contribution in [0.15, 0.2) is 23.3 Å². The quantitative estimate of drug-likeness (QED) is 0.539. The first-order chi connectivity index (χ1) is 14.3. The van der Waals surface area contributed by atoms with E-state index in [0.717, 1.165) is 0 Å². The highest BCUT2D eigenvalue weighted by Crippen LogP contribution is 2.72. The molecule has 1 N–H and O–H groups in total. The van der Waals surface area contributed by atoms with Gasteiger partial charge in [0.25, 0.3) is 0 Å². The minimum Gasteiger partial charge on any atom is -0.454 e. The van der Waals surface area contributed by atoms with E-state index in [0.29, 0.717) is 17.6 Å². The van der Waals surface area contributed by atoms with Crippen molar-refractivity contribution in [1.82, 2.24) is 0 Å². The first kappa shape index (κ1) is 23.7. The van der Waals surface area contributed by atoms with Gasteiger partial charge in [-0.05, 0) is 45.4 Å². The average molecular weight is 433 g/mol. The lowest BCUT2D eigenvalue weighted by Gasteiger charge is -2.68. The number of rotatable bonds is 4. The number of ketones is 1. The zero-order valence-corrected chi connectivity index (χ0v) is 19.9. The first-order valence-electron chi connectivity index (χ1n) is 11.2. The Hall–Kier alpha value is -1.95. The highest BCUT2D eigenvalue weighted by atomic mass is 16.6. The van der Waals surface area contributed by atoms with E-state index in [-0.39, 0.29) is 29.5 Å². The number of Topliss-reactive ketones (excluding diaryl/α,β-unsaturated/α-hetero) is 1. The number of allylic oxidation sites excluding steroid dienone is 2. The number of carbonyl (C=O) groups is 3. The number of aliphatic hydroxyl groups excluding tert-OH is 1. The Balaban J connectivity index is 2.12. The maximum Gasteiger partial charge on any atom is 0.333 e. The van der Waals surface area contributed by atoms with E-state index in [1.165, 1.54) is 0 Å². The van der Waals surface area contributed by atoms with Crippen LogP contribution in [0.5, 0.6) is 0 Å². The Morgan fingerprint density at radius 3 is 2.00 bits per heavy atom. The summed E-state index contributed by atoms with van der Waals surface area (Å²) in [6.07, 6.45) is 0.736. The van der Waals surface area contributed by atoms with Crippen molar-refractivity contribution in [2.24, 2.45) is 34.5 Å². The monoisotopic (exact) mass is 432 g/mol. The maximum atomic E-state index is 13.1. The third kappa shape index (κ3) is 3.29. The van der Waals surface area contributed by atoms with Crippen molar-refractivity contribution < 1.29 is 29.0 Å². The molecule has 4 saturated carbocycles. The van der Waals surface area contributed by atoms with Gasteiger partial charge < -0.3 is 14.6 Å². The predicted molar refractivity (Wildman–Crippen MR) is 116 cm³/mol. The van der Waals surface area contributed by atoms with Crippen molar-refractivity contribution in [2.45, 2.75) is 80.1 Å². The van der Waals surface area contributed by atoms with Crippen LogP contribution in [0.25, 0.3) is 0 Å². The van der Waals surface area contributed by atoms with Crippen molar-refractivity contribution >= 4 is 17.7 Å². The molecule has 4 aliphatic rings. The molecule has 31 heavy (non-hydrogen) atoms. The number of fused-ring (bicyclic) bond motifs is 3. The summed E-state index contributed by atoms with van der Waals surface area (Å²) in [5.41, 5.74) is -0.546. The molecular weight excluding hydrogens is 396 g/mol. The summed E-state index contributed by atoms with van der Waals surface area (Å²) < 4.78 is 11.8. The number of hydrogen-bond acceptors (Lipinski definition) is 6. The summed E-state index contributed by atoms with van der Waals surface area (Å²) in [7, 11) is 0. The van der Waals surface area contributed by atoms with Gasteiger partial charge >= 0.3 is 11.9 Å². The Labute approximate surface area is 185 Å². The molecule has 0 aromatic rings. The average Bonchev–Trinajstić information content (AvgIpc) is 2.78. The second kappa shape index (κ2) is 7.88. The standard InChI is InChI=1S/C25H36O6/c1-9-12(3)22(28)30-19-20(27)25(8)16-14(5)11-15(26)17(25)18(16)24(6,7)21(19)31-23(29)13(4)10-2/h9-10,14,16-21,27H,11H2,1-8H3/b12-9+,13-10+/t14-,16+,17-,18+,19+,20-,21-,25-/m1/s1. The fourth-order valence-corrected chi connectivity index (χ4v) is 6.57. The second-order valence-electron chi connectivity index (χ2n) is 10.4. The van der Waals surface area contributed by atoms with Crippen LogP contribution in [0.3, 0.4) is 0 Å². The molecule has 0 aliphatic heterocycles. The van der Waals surface area contributed by atoms with Crippen molar-refractivity contribution in [2.75, 3.05) is 0 Å². The SMILES string of the molecule is C/C=C(\C)C(=O)O[C@@H]1[C@@H](OC(=O)/C(C)=C/C)C(C)(C)[C@H]2[C@@H]3[C@H](C)CC(=O)[C@H]2[C@]3(C)[C@@H]1O. The van der Waals surface area contributed by atoms with Crippen LogP contribution in [0.1, 0.15) is 61.8 Å². The number of esters is 2. The van der Waals surface area contributed by atoms with Gasteiger partial charge in [0.1, 0.15) is 18.0 Å². The summed E-state index contributed by atoms with van der Waals surface area (Å²) >= 11 is 0. The highest BCUT2D eigenvalue weighted by Gasteiger charge is 2.77. The zero-order chi connectivity index (χ0) is 23.5. The van der Waals surface area contributed by atoms with Gasteiger partial charge in [-0.15, -0.1) is 0 Å². The van der Waals surface area contributed by atoms with E-state index >= 15 is 0 Å². The van der Waals surface area contributed by atoms with E-state index in [1.54, 1.807) is 39.8 Å². The molecular formula is C25H36O6. The highest BCUT2D eigenvalue weighted by molar-refractivity contribution is 5.89. The molecule has 4 rings (SSSR count). The van der Waals surface area contributed by atoms with Crippen LogP contribution in [0, 0.1) is 34.5 Å². The summed E-state index contributed by atoms with van der Waals surface area (Å²) in [4.78, 5) is 38.5. The third-order valence-electron chi connectivity index (χ3n) is 8.44. The van der Waals surface area contributed by atoms with Gasteiger partial charge in [-0.25, -0.2) is 9.59 Å². The predicted octanol–water partition coefficient (Wildman–Crippen LogP) is 3.62. The van der Waals surface area contributed by atoms with Gasteiger partial charge in [-0.1, -0.05) is 39.8 Å². The fraction of sp³-hybridized carbons (Fsp3) is 0.720. The lowest BCUT2D eigenvalue weighted by molar-refractivity contribution is -0.236. The third-order valence-corrected chi connectivity index (χ3v) is 8.44. The van der Waals surface area contributed by atoms with E-state index in [2.05, 4.69) is 0 Å². The van der Waals surface area contributed by atoms with Gasteiger partial charge in [-0.3, -0.25) is 4.79 Å². The minimum atomic E-state index is -1.12. The maximum absolute atomic E-state index is 13.1. The Morgan fingerprint density at radius 1 is 1.00 bits per heavy atom. The largest absolute Gasteiger partial charge is 0.454 e. The Bertz CT molecular complexity index is 852. The van der Waals surface area contributed by atoms with Crippen molar-refractivity contribution in [3.8, 4) is 0 Å². The Kier molecular flexibility index (Phi) is 6.02. The molecule has 172 valence electrons. The van der Waals surface area contributed by atoms with Gasteiger partial charge in [0.2, 0.25) is 0 Å². The van der Waals surface area contributed by atoms with Crippen molar-refractivity contribution in [1.29, 1.82) is 0 Å². The smallest absolute Gasteiger partial charge is 0.333 e. The number of ether oxygens (including phenoxy) is 2. The second-order valence-corrected chi connectivity index (χ2v) is 10.4.